The molecule has 2 amide bonds. The van der Waals surface area contributed by atoms with Gasteiger partial charge in [0.2, 0.25) is 0 Å². The number of hydrogen-bond acceptors (Lipinski definition) is 4. The summed E-state index contributed by atoms with van der Waals surface area (Å²) < 4.78 is 0. The Morgan fingerprint density at radius 3 is 2.27 bits per heavy atom. The molecule has 0 unspecified atom stereocenters. The van der Waals surface area contributed by atoms with Gasteiger partial charge in [0.05, 0.1) is 11.3 Å². The smallest absolute Gasteiger partial charge is 0.282 e. The van der Waals surface area contributed by atoms with Crippen molar-refractivity contribution in [3.63, 3.8) is 0 Å². The van der Waals surface area contributed by atoms with Gasteiger partial charge in [0.15, 0.2) is 0 Å². The van der Waals surface area contributed by atoms with Crippen LogP contribution in [0, 0.1) is 13.8 Å². The number of nitrogens with one attached hydrogen (secondary N) is 1. The highest BCUT2D eigenvalue weighted by atomic mass is 32.1. The second-order valence-electron chi connectivity index (χ2n) is 7.79. The van der Waals surface area contributed by atoms with Crippen LogP contribution in [0.1, 0.15) is 41.3 Å². The highest BCUT2D eigenvalue weighted by molar-refractivity contribution is 7.11. The van der Waals surface area contributed by atoms with Gasteiger partial charge in [0, 0.05) is 10.6 Å². The Morgan fingerprint density at radius 2 is 1.63 bits per heavy atom. The van der Waals surface area contributed by atoms with Gasteiger partial charge in [-0.2, -0.15) is 0 Å². The second kappa shape index (κ2) is 7.92. The molecule has 30 heavy (non-hydrogen) atoms. The number of benzene rings is 2. The van der Waals surface area contributed by atoms with E-state index < -0.39 is 0 Å². The molecular formula is C25H24N2O2S. The van der Waals surface area contributed by atoms with E-state index in [2.05, 4.69) is 19.2 Å². The van der Waals surface area contributed by atoms with Gasteiger partial charge in [0.1, 0.15) is 5.70 Å². The van der Waals surface area contributed by atoms with Crippen LogP contribution in [0.25, 0.3) is 5.57 Å². The fourth-order valence-corrected chi connectivity index (χ4v) is 4.33. The minimum Gasteiger partial charge on any atom is -0.350 e. The number of carbonyl (C=O) groups excluding carboxylic acids is 2. The van der Waals surface area contributed by atoms with Gasteiger partial charge in [-0.25, -0.2) is 4.90 Å². The molecule has 4 nitrogen and oxygen atoms in total. The Hall–Kier alpha value is -3.18. The van der Waals surface area contributed by atoms with Crippen molar-refractivity contribution < 1.29 is 9.59 Å². The summed E-state index contributed by atoms with van der Waals surface area (Å²) in [6, 6.07) is 17.3. The highest BCUT2D eigenvalue weighted by Crippen LogP contribution is 2.36. The van der Waals surface area contributed by atoms with Gasteiger partial charge >= 0.3 is 0 Å². The summed E-state index contributed by atoms with van der Waals surface area (Å²) in [5, 5.41) is 5.18. The first-order valence-electron chi connectivity index (χ1n) is 9.98. The van der Waals surface area contributed by atoms with Crippen LogP contribution in [0.3, 0.4) is 0 Å². The lowest BCUT2D eigenvalue weighted by atomic mass is 10.0. The molecule has 0 bridgehead atoms. The molecule has 0 fully saturated rings. The molecule has 0 spiro atoms. The van der Waals surface area contributed by atoms with Crippen molar-refractivity contribution in [3.05, 3.63) is 87.2 Å². The topological polar surface area (TPSA) is 49.4 Å². The van der Waals surface area contributed by atoms with E-state index in [4.69, 9.17) is 0 Å². The maximum atomic E-state index is 13.4. The molecule has 0 aliphatic carbocycles. The average Bonchev–Trinajstić information content (AvgIpc) is 3.32. The number of amides is 2. The zero-order valence-electron chi connectivity index (χ0n) is 17.5. The van der Waals surface area contributed by atoms with Gasteiger partial charge in [-0.1, -0.05) is 44.2 Å². The van der Waals surface area contributed by atoms with Crippen LogP contribution in [0.4, 0.5) is 11.4 Å². The summed E-state index contributed by atoms with van der Waals surface area (Å²) in [7, 11) is 0. The number of imide groups is 1. The molecule has 0 saturated heterocycles. The molecule has 0 atom stereocenters. The fraction of sp³-hybridized carbons (Fsp3) is 0.200. The summed E-state index contributed by atoms with van der Waals surface area (Å²) in [6.07, 6.45) is 0. The predicted molar refractivity (Wildman–Crippen MR) is 124 cm³/mol. The lowest BCUT2D eigenvalue weighted by molar-refractivity contribution is -0.120. The predicted octanol–water partition coefficient (Wildman–Crippen LogP) is 5.88. The van der Waals surface area contributed by atoms with E-state index in [9.17, 15) is 9.59 Å². The van der Waals surface area contributed by atoms with E-state index in [1.165, 1.54) is 16.2 Å². The van der Waals surface area contributed by atoms with Crippen molar-refractivity contribution in [2.75, 3.05) is 10.2 Å². The maximum Gasteiger partial charge on any atom is 0.282 e. The highest BCUT2D eigenvalue weighted by Gasteiger charge is 2.40. The monoisotopic (exact) mass is 416 g/mol. The minimum atomic E-state index is -0.332. The van der Waals surface area contributed by atoms with E-state index in [0.717, 1.165) is 27.3 Å². The van der Waals surface area contributed by atoms with Crippen molar-refractivity contribution in [3.8, 4) is 0 Å². The van der Waals surface area contributed by atoms with Crippen molar-refractivity contribution in [1.82, 2.24) is 0 Å². The molecule has 0 radical (unpaired) electrons. The molecule has 3 aromatic rings. The molecule has 1 aromatic heterocycles. The number of nitrogens with zero attached hydrogens (tertiary/aromatic N) is 1. The lowest BCUT2D eigenvalue weighted by Crippen LogP contribution is -2.32. The minimum absolute atomic E-state index is 0.299. The second-order valence-corrected chi connectivity index (χ2v) is 8.74. The first-order chi connectivity index (χ1) is 14.4. The number of carbonyl (C=O) groups is 2. The van der Waals surface area contributed by atoms with Gasteiger partial charge in [-0.05, 0) is 66.1 Å². The Bertz CT molecular complexity index is 1140. The van der Waals surface area contributed by atoms with Crippen molar-refractivity contribution in [2.24, 2.45) is 0 Å². The summed E-state index contributed by atoms with van der Waals surface area (Å²) in [5.74, 6) is -0.250. The lowest BCUT2D eigenvalue weighted by Gasteiger charge is -2.17. The van der Waals surface area contributed by atoms with Crippen LogP contribution >= 0.6 is 11.3 Å². The summed E-state index contributed by atoms with van der Waals surface area (Å²) in [6.45, 7) is 8.26. The molecule has 0 saturated carbocycles. The van der Waals surface area contributed by atoms with Crippen molar-refractivity contribution in [2.45, 2.75) is 33.6 Å². The number of hydrogen-bond donors (Lipinski definition) is 1. The molecule has 2 aromatic carbocycles. The number of aryl methyl sites for hydroxylation is 1. The van der Waals surface area contributed by atoms with Crippen LogP contribution in [0.2, 0.25) is 0 Å². The molecule has 1 aliphatic rings. The number of anilines is 2. The molecule has 2 heterocycles. The van der Waals surface area contributed by atoms with Gasteiger partial charge in [-0.15, -0.1) is 11.3 Å². The largest absolute Gasteiger partial charge is 0.350 e. The normalized spacial score (nSPS) is 14.2. The number of rotatable bonds is 5. The molecule has 5 heteroatoms. The van der Waals surface area contributed by atoms with Crippen LogP contribution in [-0.2, 0) is 9.59 Å². The summed E-state index contributed by atoms with van der Waals surface area (Å²) >= 11 is 1.45. The molecular weight excluding hydrogens is 392 g/mol. The van der Waals surface area contributed by atoms with Crippen LogP contribution in [0.5, 0.6) is 0 Å². The molecule has 4 rings (SSSR count). The van der Waals surface area contributed by atoms with E-state index in [-0.39, 0.29) is 11.8 Å². The Kier molecular flexibility index (Phi) is 5.31. The number of thiophene rings is 1. The third-order valence-electron chi connectivity index (χ3n) is 5.53. The van der Waals surface area contributed by atoms with Crippen molar-refractivity contribution in [1.29, 1.82) is 0 Å². The third-order valence-corrected chi connectivity index (χ3v) is 6.42. The van der Waals surface area contributed by atoms with Crippen LogP contribution in [-0.4, -0.2) is 11.8 Å². The Morgan fingerprint density at radius 1 is 0.900 bits per heavy atom. The molecule has 1 N–H and O–H groups in total. The van der Waals surface area contributed by atoms with E-state index in [1.54, 1.807) is 0 Å². The van der Waals surface area contributed by atoms with Crippen molar-refractivity contribution >= 4 is 40.1 Å². The van der Waals surface area contributed by atoms with Crippen LogP contribution < -0.4 is 10.2 Å². The zero-order valence-corrected chi connectivity index (χ0v) is 18.3. The SMILES string of the molecule is Cc1cccc(NC2=C(c3cccs3)C(=O)N(c3ccc(C(C)C)cc3)C2=O)c1C. The average molecular weight is 417 g/mol. The molecule has 152 valence electrons. The summed E-state index contributed by atoms with van der Waals surface area (Å²) in [4.78, 5) is 28.9. The Balaban J connectivity index is 1.78. The van der Waals surface area contributed by atoms with Gasteiger partial charge in [-0.3, -0.25) is 9.59 Å². The van der Waals surface area contributed by atoms with E-state index >= 15 is 0 Å². The first-order valence-corrected chi connectivity index (χ1v) is 10.9. The first kappa shape index (κ1) is 20.1. The Labute approximate surface area is 180 Å². The maximum absolute atomic E-state index is 13.4. The zero-order chi connectivity index (χ0) is 21.4. The summed E-state index contributed by atoms with van der Waals surface area (Å²) in [5.41, 5.74) is 5.50. The van der Waals surface area contributed by atoms with E-state index in [0.29, 0.717) is 22.9 Å². The van der Waals surface area contributed by atoms with Gasteiger partial charge < -0.3 is 5.32 Å². The quantitative estimate of drug-likeness (QED) is 0.528. The molecule has 1 aliphatic heterocycles. The third kappa shape index (κ3) is 3.46. The van der Waals surface area contributed by atoms with Crippen LogP contribution in [0.15, 0.2) is 65.7 Å². The van der Waals surface area contributed by atoms with Gasteiger partial charge in [0.25, 0.3) is 11.8 Å². The van der Waals surface area contributed by atoms with E-state index in [1.807, 2.05) is 73.8 Å². The fourth-order valence-electron chi connectivity index (χ4n) is 3.56. The standard InChI is InChI=1S/C25H24N2O2S/c1-15(2)18-10-12-19(13-11-18)27-24(28)22(21-9-6-14-30-21)23(25(27)29)26-20-8-5-7-16(3)17(20)4/h5-15,26H,1-4H3.